The van der Waals surface area contributed by atoms with E-state index < -0.39 is 0 Å². The maximum Gasteiger partial charge on any atom is 0.124 e. The minimum atomic E-state index is -0.169. The van der Waals surface area contributed by atoms with Gasteiger partial charge in [-0.05, 0) is 63.9 Å². The van der Waals surface area contributed by atoms with E-state index in [4.69, 9.17) is 0 Å². The molecule has 1 nitrogen and oxygen atoms in total. The van der Waals surface area contributed by atoms with Crippen LogP contribution in [-0.2, 0) is 0 Å². The van der Waals surface area contributed by atoms with Crippen molar-refractivity contribution in [3.8, 4) is 0 Å². The minimum absolute atomic E-state index is 0.156. The van der Waals surface area contributed by atoms with Gasteiger partial charge in [-0.15, -0.1) is 0 Å². The van der Waals surface area contributed by atoms with Crippen LogP contribution in [0.25, 0.3) is 6.08 Å². The average molecular weight is 235 g/mol. The molecule has 1 rings (SSSR count). The van der Waals surface area contributed by atoms with E-state index in [0.717, 1.165) is 24.1 Å². The van der Waals surface area contributed by atoms with E-state index in [9.17, 15) is 4.39 Å². The summed E-state index contributed by atoms with van der Waals surface area (Å²) in [7, 11) is 0. The molecule has 0 aliphatic heterocycles. The Kier molecular flexibility index (Phi) is 4.88. The molecular weight excluding hydrogens is 213 g/mol. The molecule has 0 saturated carbocycles. The van der Waals surface area contributed by atoms with Gasteiger partial charge < -0.3 is 5.32 Å². The molecule has 0 bridgehead atoms. The zero-order valence-corrected chi connectivity index (χ0v) is 11.2. The topological polar surface area (TPSA) is 12.0 Å². The molecule has 0 saturated heterocycles. The normalized spacial score (nSPS) is 12.3. The predicted molar refractivity (Wildman–Crippen MR) is 72.5 cm³/mol. The molecule has 94 valence electrons. The largest absolute Gasteiger partial charge is 0.312 e. The van der Waals surface area contributed by atoms with Crippen molar-refractivity contribution < 1.29 is 4.39 Å². The third-order valence-electron chi connectivity index (χ3n) is 2.34. The Morgan fingerprint density at radius 3 is 2.53 bits per heavy atom. The van der Waals surface area contributed by atoms with E-state index in [2.05, 4.69) is 32.2 Å². The first kappa shape index (κ1) is 13.9. The van der Waals surface area contributed by atoms with Gasteiger partial charge in [-0.3, -0.25) is 0 Å². The van der Waals surface area contributed by atoms with Gasteiger partial charge in [-0.25, -0.2) is 4.39 Å². The minimum Gasteiger partial charge on any atom is -0.312 e. The van der Waals surface area contributed by atoms with Gasteiger partial charge in [0.25, 0.3) is 0 Å². The lowest BCUT2D eigenvalue weighted by Gasteiger charge is -2.19. The van der Waals surface area contributed by atoms with Crippen LogP contribution >= 0.6 is 0 Å². The molecule has 0 fully saturated rings. The molecule has 2 heteroatoms. The van der Waals surface area contributed by atoms with E-state index >= 15 is 0 Å². The summed E-state index contributed by atoms with van der Waals surface area (Å²) in [6, 6.07) is 5.08. The van der Waals surface area contributed by atoms with Crippen LogP contribution in [0.4, 0.5) is 4.39 Å². The Bertz CT molecular complexity index is 368. The number of hydrogen-bond acceptors (Lipinski definition) is 1. The summed E-state index contributed by atoms with van der Waals surface area (Å²) < 4.78 is 13.1. The first-order valence-corrected chi connectivity index (χ1v) is 6.05. The summed E-state index contributed by atoms with van der Waals surface area (Å²) in [6.07, 6.45) is 5.00. The molecule has 1 aromatic carbocycles. The lowest BCUT2D eigenvalue weighted by molar-refractivity contribution is 0.431. The zero-order chi connectivity index (χ0) is 12.9. The van der Waals surface area contributed by atoms with Crippen molar-refractivity contribution in [1.29, 1.82) is 0 Å². The van der Waals surface area contributed by atoms with Gasteiger partial charge in [0.2, 0.25) is 0 Å². The molecule has 0 amide bonds. The second-order valence-corrected chi connectivity index (χ2v) is 5.43. The van der Waals surface area contributed by atoms with Gasteiger partial charge in [0.15, 0.2) is 0 Å². The number of aryl methyl sites for hydroxylation is 1. The summed E-state index contributed by atoms with van der Waals surface area (Å²) in [4.78, 5) is 0. The molecular formula is C15H22FN. The quantitative estimate of drug-likeness (QED) is 0.780. The molecule has 0 aliphatic rings. The van der Waals surface area contributed by atoms with Crippen molar-refractivity contribution in [1.82, 2.24) is 5.32 Å². The molecule has 0 atom stereocenters. The number of hydrogen-bond donors (Lipinski definition) is 1. The Balaban J connectivity index is 2.43. The number of benzene rings is 1. The highest BCUT2D eigenvalue weighted by Gasteiger charge is 2.06. The van der Waals surface area contributed by atoms with E-state index in [1.165, 1.54) is 0 Å². The summed E-state index contributed by atoms with van der Waals surface area (Å²) in [5.74, 6) is -0.169. The fraction of sp³-hybridized carbons (Fsp3) is 0.467. The molecule has 0 spiro atoms. The highest BCUT2D eigenvalue weighted by molar-refractivity contribution is 5.50. The third-order valence-corrected chi connectivity index (χ3v) is 2.34. The van der Waals surface area contributed by atoms with Crippen LogP contribution in [0.5, 0.6) is 0 Å². The second-order valence-electron chi connectivity index (χ2n) is 5.43. The monoisotopic (exact) mass is 235 g/mol. The SMILES string of the molecule is Cc1cc(F)cc(C=CCCNC(C)(C)C)c1. The van der Waals surface area contributed by atoms with Gasteiger partial charge >= 0.3 is 0 Å². The molecule has 0 unspecified atom stereocenters. The fourth-order valence-corrected chi connectivity index (χ4v) is 1.61. The summed E-state index contributed by atoms with van der Waals surface area (Å²) in [5, 5.41) is 3.41. The molecule has 1 aromatic rings. The molecule has 1 N–H and O–H groups in total. The predicted octanol–water partition coefficient (Wildman–Crippen LogP) is 3.93. The van der Waals surface area contributed by atoms with Crippen LogP contribution in [0.1, 0.15) is 38.3 Å². The van der Waals surface area contributed by atoms with Gasteiger partial charge in [-0.1, -0.05) is 18.2 Å². The van der Waals surface area contributed by atoms with Gasteiger partial charge in [0.1, 0.15) is 5.82 Å². The van der Waals surface area contributed by atoms with Crippen LogP contribution in [0.2, 0.25) is 0 Å². The Morgan fingerprint density at radius 1 is 1.24 bits per heavy atom. The maximum absolute atomic E-state index is 13.1. The zero-order valence-electron chi connectivity index (χ0n) is 11.2. The average Bonchev–Trinajstić information content (AvgIpc) is 2.13. The third kappa shape index (κ3) is 6.22. The van der Waals surface area contributed by atoms with Crippen molar-refractivity contribution in [3.63, 3.8) is 0 Å². The van der Waals surface area contributed by atoms with E-state index in [-0.39, 0.29) is 11.4 Å². The summed E-state index contributed by atoms with van der Waals surface area (Å²) >= 11 is 0. The molecule has 0 aromatic heterocycles. The highest BCUT2D eigenvalue weighted by atomic mass is 19.1. The Hall–Kier alpha value is -1.15. The lowest BCUT2D eigenvalue weighted by atomic mass is 10.1. The van der Waals surface area contributed by atoms with Crippen molar-refractivity contribution in [2.45, 2.75) is 39.7 Å². The van der Waals surface area contributed by atoms with E-state index in [0.29, 0.717) is 0 Å². The summed E-state index contributed by atoms with van der Waals surface area (Å²) in [6.45, 7) is 9.28. The summed E-state index contributed by atoms with van der Waals surface area (Å²) in [5.41, 5.74) is 2.04. The van der Waals surface area contributed by atoms with Gasteiger partial charge in [-0.2, -0.15) is 0 Å². The van der Waals surface area contributed by atoms with Crippen LogP contribution in [0.15, 0.2) is 24.3 Å². The van der Waals surface area contributed by atoms with Crippen molar-refractivity contribution in [3.05, 3.63) is 41.2 Å². The molecule has 0 radical (unpaired) electrons. The first-order valence-electron chi connectivity index (χ1n) is 6.05. The Labute approximate surface area is 104 Å². The molecule has 0 heterocycles. The highest BCUT2D eigenvalue weighted by Crippen LogP contribution is 2.10. The number of halogens is 1. The van der Waals surface area contributed by atoms with Crippen LogP contribution in [-0.4, -0.2) is 12.1 Å². The molecule has 17 heavy (non-hydrogen) atoms. The van der Waals surface area contributed by atoms with E-state index in [1.54, 1.807) is 12.1 Å². The van der Waals surface area contributed by atoms with Crippen molar-refractivity contribution in [2.24, 2.45) is 0 Å². The van der Waals surface area contributed by atoms with Crippen LogP contribution in [0.3, 0.4) is 0 Å². The van der Waals surface area contributed by atoms with Crippen LogP contribution < -0.4 is 5.32 Å². The maximum atomic E-state index is 13.1. The number of rotatable bonds is 4. The van der Waals surface area contributed by atoms with Gasteiger partial charge in [0, 0.05) is 5.54 Å². The lowest BCUT2D eigenvalue weighted by Crippen LogP contribution is -2.36. The van der Waals surface area contributed by atoms with Crippen LogP contribution in [0, 0.1) is 12.7 Å². The smallest absolute Gasteiger partial charge is 0.124 e. The van der Waals surface area contributed by atoms with Crippen molar-refractivity contribution in [2.75, 3.05) is 6.54 Å². The van der Waals surface area contributed by atoms with Gasteiger partial charge in [0.05, 0.1) is 0 Å². The fourth-order valence-electron chi connectivity index (χ4n) is 1.61. The standard InChI is InChI=1S/C15H22FN/c1-12-9-13(11-14(16)10-12)7-5-6-8-17-15(2,3)4/h5,7,9-11,17H,6,8H2,1-4H3. The Morgan fingerprint density at radius 2 is 1.94 bits per heavy atom. The molecule has 0 aliphatic carbocycles. The number of nitrogens with one attached hydrogen (secondary N) is 1. The first-order chi connectivity index (χ1) is 7.87. The van der Waals surface area contributed by atoms with E-state index in [1.807, 2.05) is 19.1 Å². The van der Waals surface area contributed by atoms with Crippen molar-refractivity contribution >= 4 is 6.08 Å². The second kappa shape index (κ2) is 5.97.